The third-order valence-electron chi connectivity index (χ3n) is 5.15. The molecule has 128 valence electrons. The van der Waals surface area contributed by atoms with Crippen LogP contribution < -0.4 is 0 Å². The highest BCUT2D eigenvalue weighted by Gasteiger charge is 2.16. The standard InChI is InChI=1S/C26H17Br/c27-26-24-17-9-6-14-21(24)20-13-5-8-16-23(20)25(26)22-15-7-4-12-19(22)18-10-2-1-3-11-18/h1-17H. The molecular weight excluding hydrogens is 392 g/mol. The van der Waals surface area contributed by atoms with Crippen molar-refractivity contribution in [2.45, 2.75) is 0 Å². The minimum atomic E-state index is 1.15. The molecule has 0 saturated heterocycles. The fourth-order valence-electron chi connectivity index (χ4n) is 3.93. The summed E-state index contributed by atoms with van der Waals surface area (Å²) in [6.07, 6.45) is 0. The zero-order chi connectivity index (χ0) is 18.2. The number of hydrogen-bond donors (Lipinski definition) is 0. The molecule has 0 radical (unpaired) electrons. The van der Waals surface area contributed by atoms with Crippen LogP contribution in [0.5, 0.6) is 0 Å². The smallest absolute Gasteiger partial charge is 0.0338 e. The first kappa shape index (κ1) is 16.3. The summed E-state index contributed by atoms with van der Waals surface area (Å²) < 4.78 is 1.15. The topological polar surface area (TPSA) is 0 Å². The van der Waals surface area contributed by atoms with Crippen LogP contribution in [0, 0.1) is 0 Å². The van der Waals surface area contributed by atoms with E-state index in [1.165, 1.54) is 43.8 Å². The van der Waals surface area contributed by atoms with Gasteiger partial charge in [0.1, 0.15) is 0 Å². The molecule has 0 heterocycles. The molecule has 5 rings (SSSR count). The molecule has 0 aliphatic rings. The molecule has 27 heavy (non-hydrogen) atoms. The summed E-state index contributed by atoms with van der Waals surface area (Å²) in [5.41, 5.74) is 4.98. The Bertz CT molecular complexity index is 1270. The first-order valence-electron chi connectivity index (χ1n) is 9.08. The molecule has 0 unspecified atom stereocenters. The Labute approximate surface area is 167 Å². The molecule has 1 heteroatoms. The average Bonchev–Trinajstić information content (AvgIpc) is 2.75. The largest absolute Gasteiger partial charge is 0.0622 e. The Morgan fingerprint density at radius 1 is 0.407 bits per heavy atom. The normalized spacial score (nSPS) is 11.1. The van der Waals surface area contributed by atoms with Crippen molar-refractivity contribution in [3.8, 4) is 22.3 Å². The van der Waals surface area contributed by atoms with Crippen molar-refractivity contribution >= 4 is 37.5 Å². The Kier molecular flexibility index (Phi) is 4.03. The number of benzene rings is 5. The second-order valence-electron chi connectivity index (χ2n) is 6.69. The van der Waals surface area contributed by atoms with E-state index in [9.17, 15) is 0 Å². The van der Waals surface area contributed by atoms with Crippen LogP contribution in [0.25, 0.3) is 43.8 Å². The van der Waals surface area contributed by atoms with E-state index < -0.39 is 0 Å². The predicted octanol–water partition coefficient (Wildman–Crippen LogP) is 8.09. The second-order valence-corrected chi connectivity index (χ2v) is 7.48. The van der Waals surface area contributed by atoms with E-state index in [2.05, 4.69) is 119 Å². The van der Waals surface area contributed by atoms with E-state index in [0.717, 1.165) is 4.47 Å². The lowest BCUT2D eigenvalue weighted by atomic mass is 9.89. The molecule has 0 amide bonds. The van der Waals surface area contributed by atoms with Crippen molar-refractivity contribution < 1.29 is 0 Å². The van der Waals surface area contributed by atoms with Crippen molar-refractivity contribution in [2.75, 3.05) is 0 Å². The summed E-state index contributed by atoms with van der Waals surface area (Å²) in [6, 6.07) is 36.6. The molecule has 0 nitrogen and oxygen atoms in total. The van der Waals surface area contributed by atoms with Gasteiger partial charge in [0, 0.05) is 10.0 Å². The summed E-state index contributed by atoms with van der Waals surface area (Å²) in [6.45, 7) is 0. The zero-order valence-electron chi connectivity index (χ0n) is 14.7. The average molecular weight is 409 g/mol. The third-order valence-corrected chi connectivity index (χ3v) is 5.97. The molecule has 0 aliphatic carbocycles. The van der Waals surface area contributed by atoms with E-state index in [4.69, 9.17) is 0 Å². The van der Waals surface area contributed by atoms with Crippen molar-refractivity contribution in [2.24, 2.45) is 0 Å². The van der Waals surface area contributed by atoms with Crippen molar-refractivity contribution in [3.63, 3.8) is 0 Å². The summed E-state index contributed by atoms with van der Waals surface area (Å²) in [4.78, 5) is 0. The van der Waals surface area contributed by atoms with Gasteiger partial charge in [0.2, 0.25) is 0 Å². The first-order valence-corrected chi connectivity index (χ1v) is 9.87. The minimum absolute atomic E-state index is 1.15. The second kappa shape index (κ2) is 6.68. The van der Waals surface area contributed by atoms with Gasteiger partial charge in [-0.2, -0.15) is 0 Å². The monoisotopic (exact) mass is 408 g/mol. The molecule has 0 fully saturated rings. The molecule has 0 N–H and O–H groups in total. The molecule has 0 atom stereocenters. The molecule has 0 spiro atoms. The van der Waals surface area contributed by atoms with Crippen LogP contribution in [0.3, 0.4) is 0 Å². The Morgan fingerprint density at radius 2 is 0.889 bits per heavy atom. The van der Waals surface area contributed by atoms with Gasteiger partial charge in [-0.3, -0.25) is 0 Å². The first-order chi connectivity index (χ1) is 13.3. The highest BCUT2D eigenvalue weighted by atomic mass is 79.9. The number of fused-ring (bicyclic) bond motifs is 3. The van der Waals surface area contributed by atoms with E-state index in [0.29, 0.717) is 0 Å². The summed E-state index contributed by atoms with van der Waals surface area (Å²) >= 11 is 3.95. The molecule has 0 aliphatic heterocycles. The van der Waals surface area contributed by atoms with E-state index >= 15 is 0 Å². The predicted molar refractivity (Wildman–Crippen MR) is 120 cm³/mol. The van der Waals surface area contributed by atoms with Crippen LogP contribution >= 0.6 is 15.9 Å². The molecular formula is C26H17Br. The van der Waals surface area contributed by atoms with Crippen LogP contribution in [0.15, 0.2) is 108 Å². The van der Waals surface area contributed by atoms with Crippen LogP contribution in [-0.4, -0.2) is 0 Å². The fourth-order valence-corrected chi connectivity index (χ4v) is 4.71. The molecule has 0 aromatic heterocycles. The van der Waals surface area contributed by atoms with Gasteiger partial charge in [0.15, 0.2) is 0 Å². The highest BCUT2D eigenvalue weighted by molar-refractivity contribution is 9.10. The van der Waals surface area contributed by atoms with E-state index in [1.807, 2.05) is 0 Å². The fraction of sp³-hybridized carbons (Fsp3) is 0. The van der Waals surface area contributed by atoms with Gasteiger partial charge < -0.3 is 0 Å². The minimum Gasteiger partial charge on any atom is -0.0622 e. The summed E-state index contributed by atoms with van der Waals surface area (Å²) in [7, 11) is 0. The number of halogens is 1. The van der Waals surface area contributed by atoms with Gasteiger partial charge >= 0.3 is 0 Å². The lowest BCUT2D eigenvalue weighted by Crippen LogP contribution is -1.90. The van der Waals surface area contributed by atoms with E-state index in [-0.39, 0.29) is 0 Å². The van der Waals surface area contributed by atoms with Gasteiger partial charge in [0.25, 0.3) is 0 Å². The van der Waals surface area contributed by atoms with Gasteiger partial charge in [-0.1, -0.05) is 103 Å². The van der Waals surface area contributed by atoms with E-state index in [1.54, 1.807) is 0 Å². The molecule has 0 bridgehead atoms. The van der Waals surface area contributed by atoms with Crippen molar-refractivity contribution in [3.05, 3.63) is 108 Å². The van der Waals surface area contributed by atoms with Crippen LogP contribution in [0.2, 0.25) is 0 Å². The summed E-state index contributed by atoms with van der Waals surface area (Å²) in [5.74, 6) is 0. The molecule has 5 aromatic carbocycles. The van der Waals surface area contributed by atoms with Crippen LogP contribution in [0.1, 0.15) is 0 Å². The zero-order valence-corrected chi connectivity index (χ0v) is 16.3. The maximum atomic E-state index is 3.95. The van der Waals surface area contributed by atoms with Crippen LogP contribution in [-0.2, 0) is 0 Å². The highest BCUT2D eigenvalue weighted by Crippen LogP contribution is 2.44. The Balaban J connectivity index is 1.94. The van der Waals surface area contributed by atoms with Crippen LogP contribution in [0.4, 0.5) is 0 Å². The third kappa shape index (κ3) is 2.67. The van der Waals surface area contributed by atoms with Gasteiger partial charge in [-0.15, -0.1) is 0 Å². The number of rotatable bonds is 2. The van der Waals surface area contributed by atoms with Gasteiger partial charge in [0.05, 0.1) is 0 Å². The maximum Gasteiger partial charge on any atom is 0.0338 e. The van der Waals surface area contributed by atoms with Crippen molar-refractivity contribution in [1.82, 2.24) is 0 Å². The maximum absolute atomic E-state index is 3.95. The summed E-state index contributed by atoms with van der Waals surface area (Å²) in [5, 5.41) is 5.08. The lowest BCUT2D eigenvalue weighted by Gasteiger charge is -2.17. The SMILES string of the molecule is Brc1c(-c2ccccc2-c2ccccc2)c2ccccc2c2ccccc12. The van der Waals surface area contributed by atoms with Gasteiger partial charge in [-0.25, -0.2) is 0 Å². The lowest BCUT2D eigenvalue weighted by molar-refractivity contribution is 1.59. The van der Waals surface area contributed by atoms with Gasteiger partial charge in [-0.05, 0) is 54.2 Å². The Morgan fingerprint density at radius 3 is 1.59 bits per heavy atom. The quantitative estimate of drug-likeness (QED) is 0.259. The molecule has 5 aromatic rings. The van der Waals surface area contributed by atoms with Crippen molar-refractivity contribution in [1.29, 1.82) is 0 Å². The Hall–Kier alpha value is -2.90. The molecule has 0 saturated carbocycles. The number of hydrogen-bond acceptors (Lipinski definition) is 0.